The van der Waals surface area contributed by atoms with Crippen LogP contribution in [0.2, 0.25) is 0 Å². The highest BCUT2D eigenvalue weighted by Gasteiger charge is 2.30. The summed E-state index contributed by atoms with van der Waals surface area (Å²) in [5.74, 6) is -0.725. The summed E-state index contributed by atoms with van der Waals surface area (Å²) in [6.07, 6.45) is 0.803. The van der Waals surface area contributed by atoms with E-state index in [1.54, 1.807) is 0 Å². The Kier molecular flexibility index (Phi) is 5.07. The molecule has 0 spiro atoms. The van der Waals surface area contributed by atoms with Gasteiger partial charge in [-0.3, -0.25) is 9.59 Å². The Morgan fingerprint density at radius 3 is 1.35 bits per heavy atom. The van der Waals surface area contributed by atoms with Crippen LogP contribution in [0.25, 0.3) is 0 Å². The normalized spacial score (nSPS) is 26.3. The zero-order valence-corrected chi connectivity index (χ0v) is 15.6. The number of nitrogens with one attached hydrogen (secondary N) is 2. The maximum absolute atomic E-state index is 12.2. The Morgan fingerprint density at radius 1 is 0.731 bits per heavy atom. The molecule has 2 atom stereocenters. The number of amides is 2. The van der Waals surface area contributed by atoms with Gasteiger partial charge in [0.05, 0.1) is 23.0 Å². The van der Waals surface area contributed by atoms with Gasteiger partial charge < -0.3 is 10.6 Å². The first-order valence-electron chi connectivity index (χ1n) is 8.26. The molecule has 0 aromatic heterocycles. The molecule has 2 aliphatic heterocycles. The second kappa shape index (κ2) is 6.99. The fourth-order valence-corrected chi connectivity index (χ4v) is 6.47. The van der Waals surface area contributed by atoms with Crippen molar-refractivity contribution in [1.29, 1.82) is 0 Å². The summed E-state index contributed by atoms with van der Waals surface area (Å²) in [6, 6.07) is 5.16. The van der Waals surface area contributed by atoms with Crippen LogP contribution in [0.5, 0.6) is 0 Å². The number of benzene rings is 1. The van der Waals surface area contributed by atoms with Crippen LogP contribution in [0.3, 0.4) is 0 Å². The quantitative estimate of drug-likeness (QED) is 0.703. The van der Waals surface area contributed by atoms with Crippen molar-refractivity contribution in [3.63, 3.8) is 0 Å². The van der Waals surface area contributed by atoms with Crippen LogP contribution in [0.1, 0.15) is 33.6 Å². The van der Waals surface area contributed by atoms with E-state index in [-0.39, 0.29) is 46.9 Å². The zero-order chi connectivity index (χ0) is 18.9. The zero-order valence-electron chi connectivity index (χ0n) is 14.0. The van der Waals surface area contributed by atoms with Crippen LogP contribution >= 0.6 is 0 Å². The Balaban J connectivity index is 1.57. The van der Waals surface area contributed by atoms with Crippen LogP contribution in [-0.4, -0.2) is 63.7 Å². The van der Waals surface area contributed by atoms with Gasteiger partial charge in [0.15, 0.2) is 19.7 Å². The van der Waals surface area contributed by atoms with Gasteiger partial charge in [0.25, 0.3) is 11.8 Å². The van der Waals surface area contributed by atoms with Crippen molar-refractivity contribution in [2.45, 2.75) is 24.9 Å². The molecule has 2 fully saturated rings. The summed E-state index contributed by atoms with van der Waals surface area (Å²) >= 11 is 0. The van der Waals surface area contributed by atoms with Gasteiger partial charge in [-0.15, -0.1) is 0 Å². The van der Waals surface area contributed by atoms with Gasteiger partial charge in [-0.2, -0.15) is 0 Å². The molecule has 8 nitrogen and oxygen atoms in total. The highest BCUT2D eigenvalue weighted by molar-refractivity contribution is 7.91. The molecular formula is C16H20N2O6S2. The molecule has 0 radical (unpaired) electrons. The van der Waals surface area contributed by atoms with Crippen molar-refractivity contribution in [3.8, 4) is 0 Å². The van der Waals surface area contributed by atoms with E-state index in [2.05, 4.69) is 10.6 Å². The maximum Gasteiger partial charge on any atom is 0.251 e. The molecule has 3 rings (SSSR count). The van der Waals surface area contributed by atoms with E-state index in [1.807, 2.05) is 0 Å². The SMILES string of the molecule is O=C(N[C@H]1CCS(=O)(=O)C1)c1ccc(C(=O)N[C@H]2CCS(=O)(=O)C2)cc1. The molecule has 2 N–H and O–H groups in total. The Hall–Kier alpha value is -1.94. The molecule has 2 aliphatic rings. The molecule has 0 aliphatic carbocycles. The van der Waals surface area contributed by atoms with Crippen molar-refractivity contribution in [2.75, 3.05) is 23.0 Å². The van der Waals surface area contributed by atoms with Gasteiger partial charge in [0, 0.05) is 23.2 Å². The lowest BCUT2D eigenvalue weighted by Gasteiger charge is -2.12. The molecular weight excluding hydrogens is 380 g/mol. The van der Waals surface area contributed by atoms with Crippen molar-refractivity contribution in [1.82, 2.24) is 10.6 Å². The standard InChI is InChI=1S/C16H20N2O6S2/c19-15(17-13-5-7-25(21,22)9-13)11-1-2-12(4-3-11)16(20)18-14-6-8-26(23,24)10-14/h1-4,13-14H,5-10H2,(H,17,19)(H,18,20)/t13-,14-/m0/s1. The second-order valence-electron chi connectivity index (χ2n) is 6.72. The van der Waals surface area contributed by atoms with Crippen LogP contribution in [0.4, 0.5) is 0 Å². The fraction of sp³-hybridized carbons (Fsp3) is 0.500. The number of hydrogen-bond donors (Lipinski definition) is 2. The Bertz CT molecular complexity index is 845. The van der Waals surface area contributed by atoms with Crippen molar-refractivity contribution in [2.24, 2.45) is 0 Å². The molecule has 10 heteroatoms. The minimum Gasteiger partial charge on any atom is -0.348 e. The average Bonchev–Trinajstić information content (AvgIpc) is 3.08. The molecule has 142 valence electrons. The molecule has 2 amide bonds. The summed E-state index contributed by atoms with van der Waals surface area (Å²) in [4.78, 5) is 24.3. The molecule has 1 aromatic carbocycles. The molecule has 1 aromatic rings. The van der Waals surface area contributed by atoms with Gasteiger partial charge in [0.1, 0.15) is 0 Å². The van der Waals surface area contributed by atoms with E-state index < -0.39 is 19.7 Å². The van der Waals surface area contributed by atoms with Crippen LogP contribution in [-0.2, 0) is 19.7 Å². The third-order valence-corrected chi connectivity index (χ3v) is 8.08. The number of carbonyl (C=O) groups excluding carboxylic acids is 2. The highest BCUT2D eigenvalue weighted by atomic mass is 32.2. The number of rotatable bonds is 4. The molecule has 0 unspecified atom stereocenters. The molecule has 26 heavy (non-hydrogen) atoms. The average molecular weight is 400 g/mol. The predicted octanol–water partition coefficient (Wildman–Crippen LogP) is -0.480. The summed E-state index contributed by atoms with van der Waals surface area (Å²) in [7, 11) is -6.14. The molecule has 0 bridgehead atoms. The van der Waals surface area contributed by atoms with Crippen LogP contribution < -0.4 is 10.6 Å². The minimum atomic E-state index is -3.07. The van der Waals surface area contributed by atoms with Gasteiger partial charge in [-0.25, -0.2) is 16.8 Å². The third-order valence-electron chi connectivity index (χ3n) is 4.54. The largest absolute Gasteiger partial charge is 0.348 e. The van der Waals surface area contributed by atoms with Crippen molar-refractivity contribution >= 4 is 31.5 Å². The number of hydrogen-bond acceptors (Lipinski definition) is 6. The first kappa shape index (κ1) is 18.8. The molecule has 2 saturated heterocycles. The van der Waals surface area contributed by atoms with Crippen LogP contribution in [0.15, 0.2) is 24.3 Å². The van der Waals surface area contributed by atoms with Crippen molar-refractivity contribution in [3.05, 3.63) is 35.4 Å². The first-order valence-corrected chi connectivity index (χ1v) is 11.9. The lowest BCUT2D eigenvalue weighted by molar-refractivity contribution is 0.0929. The van der Waals surface area contributed by atoms with Gasteiger partial charge in [0.2, 0.25) is 0 Å². The Labute approximate surface area is 152 Å². The Morgan fingerprint density at radius 2 is 1.08 bits per heavy atom. The lowest BCUT2D eigenvalue weighted by atomic mass is 10.1. The topological polar surface area (TPSA) is 126 Å². The molecule has 0 saturated carbocycles. The summed E-state index contributed by atoms with van der Waals surface area (Å²) in [5, 5.41) is 5.36. The van der Waals surface area contributed by atoms with E-state index in [0.717, 1.165) is 0 Å². The summed E-state index contributed by atoms with van der Waals surface area (Å²) in [5.41, 5.74) is 0.656. The van der Waals surface area contributed by atoms with Gasteiger partial charge >= 0.3 is 0 Å². The van der Waals surface area contributed by atoms with Crippen LogP contribution in [0, 0.1) is 0 Å². The number of sulfone groups is 2. The van der Waals surface area contributed by atoms with Crippen molar-refractivity contribution < 1.29 is 26.4 Å². The van der Waals surface area contributed by atoms with Gasteiger partial charge in [-0.1, -0.05) is 0 Å². The number of carbonyl (C=O) groups is 2. The summed E-state index contributed by atoms with van der Waals surface area (Å²) < 4.78 is 45.7. The monoisotopic (exact) mass is 400 g/mol. The van der Waals surface area contributed by atoms with E-state index >= 15 is 0 Å². The molecule has 2 heterocycles. The predicted molar refractivity (Wildman–Crippen MR) is 95.5 cm³/mol. The van der Waals surface area contributed by atoms with E-state index in [4.69, 9.17) is 0 Å². The van der Waals surface area contributed by atoms with E-state index in [9.17, 15) is 26.4 Å². The lowest BCUT2D eigenvalue weighted by Crippen LogP contribution is -2.36. The maximum atomic E-state index is 12.2. The highest BCUT2D eigenvalue weighted by Crippen LogP contribution is 2.14. The summed E-state index contributed by atoms with van der Waals surface area (Å²) in [6.45, 7) is 0. The van der Waals surface area contributed by atoms with E-state index in [0.29, 0.717) is 24.0 Å². The van der Waals surface area contributed by atoms with Gasteiger partial charge in [-0.05, 0) is 37.1 Å². The fourth-order valence-electron chi connectivity index (χ4n) is 3.13. The van der Waals surface area contributed by atoms with E-state index in [1.165, 1.54) is 24.3 Å². The smallest absolute Gasteiger partial charge is 0.251 e. The second-order valence-corrected chi connectivity index (χ2v) is 11.2. The first-order chi connectivity index (χ1) is 12.1. The minimum absolute atomic E-state index is 0.0521. The third kappa shape index (κ3) is 4.61.